The van der Waals surface area contributed by atoms with Gasteiger partial charge in [0.05, 0.1) is 13.0 Å². The van der Waals surface area contributed by atoms with E-state index in [1.54, 1.807) is 43.2 Å². The van der Waals surface area contributed by atoms with Gasteiger partial charge in [0.25, 0.3) is 5.91 Å². The summed E-state index contributed by atoms with van der Waals surface area (Å²) < 4.78 is 10.7. The van der Waals surface area contributed by atoms with E-state index in [2.05, 4.69) is 0 Å². The Morgan fingerprint density at radius 3 is 2.39 bits per heavy atom. The number of methoxy groups -OCH3 is 1. The molecule has 1 saturated heterocycles. The molecule has 1 N–H and O–H groups in total. The first kappa shape index (κ1) is 17.1. The highest BCUT2D eigenvalue weighted by Crippen LogP contribution is 2.24. The van der Waals surface area contributed by atoms with Crippen molar-refractivity contribution in [1.82, 2.24) is 4.90 Å². The summed E-state index contributed by atoms with van der Waals surface area (Å²) in [4.78, 5) is 25.3. The first-order chi connectivity index (χ1) is 10.9. The molecule has 0 aliphatic carbocycles. The second kappa shape index (κ2) is 7.35. The maximum Gasteiger partial charge on any atom is 0.308 e. The van der Waals surface area contributed by atoms with E-state index in [1.807, 2.05) is 6.92 Å². The second-order valence-electron chi connectivity index (χ2n) is 6.05. The van der Waals surface area contributed by atoms with Crippen LogP contribution in [0, 0.1) is 11.8 Å². The zero-order chi connectivity index (χ0) is 17.0. The predicted molar refractivity (Wildman–Crippen MR) is 84.6 cm³/mol. The van der Waals surface area contributed by atoms with Crippen molar-refractivity contribution in [3.63, 3.8) is 0 Å². The average Bonchev–Trinajstić information content (AvgIpc) is 2.54. The minimum Gasteiger partial charge on any atom is -0.497 e. The second-order valence-corrected chi connectivity index (χ2v) is 6.05. The Bertz CT molecular complexity index is 557. The van der Waals surface area contributed by atoms with Crippen LogP contribution in [-0.2, 0) is 9.59 Å². The van der Waals surface area contributed by atoms with Crippen LogP contribution < -0.4 is 9.47 Å². The number of piperidine rings is 1. The van der Waals surface area contributed by atoms with Crippen molar-refractivity contribution in [2.75, 3.05) is 20.2 Å². The number of likely N-dealkylation sites (tertiary alicyclic amines) is 1. The molecule has 1 aliphatic rings. The van der Waals surface area contributed by atoms with Crippen molar-refractivity contribution in [1.29, 1.82) is 0 Å². The Morgan fingerprint density at radius 2 is 1.83 bits per heavy atom. The summed E-state index contributed by atoms with van der Waals surface area (Å²) in [6.07, 6.45) is -0.0598. The summed E-state index contributed by atoms with van der Waals surface area (Å²) in [5, 5.41) is 9.20. The molecule has 3 atom stereocenters. The van der Waals surface area contributed by atoms with E-state index in [9.17, 15) is 14.7 Å². The van der Waals surface area contributed by atoms with Crippen molar-refractivity contribution >= 4 is 11.9 Å². The Hall–Kier alpha value is -2.24. The minimum atomic E-state index is -0.849. The minimum absolute atomic E-state index is 0.169. The molecule has 1 aromatic rings. The maximum absolute atomic E-state index is 12.5. The highest BCUT2D eigenvalue weighted by molar-refractivity contribution is 5.82. The van der Waals surface area contributed by atoms with Gasteiger partial charge in [0.2, 0.25) is 0 Å². The third-order valence-electron chi connectivity index (χ3n) is 4.04. The van der Waals surface area contributed by atoms with Crippen LogP contribution in [0.3, 0.4) is 0 Å². The molecule has 6 heteroatoms. The van der Waals surface area contributed by atoms with Crippen LogP contribution in [0.15, 0.2) is 24.3 Å². The van der Waals surface area contributed by atoms with Gasteiger partial charge < -0.3 is 19.5 Å². The Kier molecular flexibility index (Phi) is 5.47. The van der Waals surface area contributed by atoms with Gasteiger partial charge in [-0.1, -0.05) is 6.92 Å². The third-order valence-corrected chi connectivity index (χ3v) is 4.04. The van der Waals surface area contributed by atoms with Gasteiger partial charge >= 0.3 is 5.97 Å². The van der Waals surface area contributed by atoms with Gasteiger partial charge in [-0.15, -0.1) is 0 Å². The zero-order valence-corrected chi connectivity index (χ0v) is 13.7. The normalized spacial score (nSPS) is 22.3. The number of carboxylic acid groups (broad SMARTS) is 1. The Labute approximate surface area is 136 Å². The molecule has 1 amide bonds. The molecule has 0 saturated carbocycles. The summed E-state index contributed by atoms with van der Waals surface area (Å²) in [5.74, 6) is -0.0773. The van der Waals surface area contributed by atoms with E-state index in [1.165, 1.54) is 0 Å². The van der Waals surface area contributed by atoms with Gasteiger partial charge in [0.1, 0.15) is 11.5 Å². The molecule has 0 bridgehead atoms. The fourth-order valence-corrected chi connectivity index (χ4v) is 2.88. The molecule has 1 heterocycles. The molecular weight excluding hydrogens is 298 g/mol. The molecule has 0 spiro atoms. The number of carbonyl (C=O) groups excluding carboxylic acids is 1. The van der Waals surface area contributed by atoms with E-state index in [0.29, 0.717) is 24.5 Å². The number of hydrogen-bond acceptors (Lipinski definition) is 4. The van der Waals surface area contributed by atoms with Crippen molar-refractivity contribution in [2.24, 2.45) is 11.8 Å². The van der Waals surface area contributed by atoms with Crippen LogP contribution in [-0.4, -0.2) is 48.2 Å². The lowest BCUT2D eigenvalue weighted by Gasteiger charge is -2.36. The van der Waals surface area contributed by atoms with E-state index in [-0.39, 0.29) is 18.4 Å². The molecule has 3 unspecified atom stereocenters. The lowest BCUT2D eigenvalue weighted by molar-refractivity contribution is -0.149. The first-order valence-corrected chi connectivity index (χ1v) is 7.73. The Morgan fingerprint density at radius 1 is 1.22 bits per heavy atom. The molecule has 1 aliphatic heterocycles. The fourth-order valence-electron chi connectivity index (χ4n) is 2.88. The highest BCUT2D eigenvalue weighted by Gasteiger charge is 2.34. The number of nitrogens with zero attached hydrogens (tertiary/aromatic N) is 1. The molecular formula is C17H23NO5. The molecule has 6 nitrogen and oxygen atoms in total. The van der Waals surface area contributed by atoms with Crippen molar-refractivity contribution < 1.29 is 24.2 Å². The summed E-state index contributed by atoms with van der Waals surface area (Å²) in [6.45, 7) is 4.46. The standard InChI is InChI=1S/C17H23NO5/c1-11-8-13(17(20)21)10-18(9-11)16(19)12(2)23-15-6-4-14(22-3)5-7-15/h4-7,11-13H,8-10H2,1-3H3,(H,20,21). The topological polar surface area (TPSA) is 76.1 Å². The monoisotopic (exact) mass is 321 g/mol. The number of aliphatic carboxylic acids is 1. The molecule has 126 valence electrons. The van der Waals surface area contributed by atoms with Crippen LogP contribution >= 0.6 is 0 Å². The Balaban J connectivity index is 1.98. The van der Waals surface area contributed by atoms with Gasteiger partial charge in [-0.25, -0.2) is 0 Å². The number of ether oxygens (including phenoxy) is 2. The fraction of sp³-hybridized carbons (Fsp3) is 0.529. The van der Waals surface area contributed by atoms with Crippen LogP contribution in [0.4, 0.5) is 0 Å². The third kappa shape index (κ3) is 4.37. The number of carbonyl (C=O) groups is 2. The summed E-state index contributed by atoms with van der Waals surface area (Å²) in [5.41, 5.74) is 0. The van der Waals surface area contributed by atoms with Crippen LogP contribution in [0.2, 0.25) is 0 Å². The van der Waals surface area contributed by atoms with Crippen molar-refractivity contribution in [3.8, 4) is 11.5 Å². The van der Waals surface area contributed by atoms with Crippen molar-refractivity contribution in [3.05, 3.63) is 24.3 Å². The number of hydrogen-bond donors (Lipinski definition) is 1. The lowest BCUT2D eigenvalue weighted by atomic mass is 9.90. The van der Waals surface area contributed by atoms with E-state index < -0.39 is 18.0 Å². The average molecular weight is 321 g/mol. The molecule has 1 fully saturated rings. The van der Waals surface area contributed by atoms with E-state index >= 15 is 0 Å². The van der Waals surface area contributed by atoms with Crippen molar-refractivity contribution in [2.45, 2.75) is 26.4 Å². The quantitative estimate of drug-likeness (QED) is 0.898. The molecule has 1 aromatic carbocycles. The maximum atomic E-state index is 12.5. The van der Waals surface area contributed by atoms with Crippen LogP contribution in [0.5, 0.6) is 11.5 Å². The van der Waals surface area contributed by atoms with Crippen LogP contribution in [0.25, 0.3) is 0 Å². The molecule has 0 aromatic heterocycles. The van der Waals surface area contributed by atoms with Gasteiger partial charge in [0, 0.05) is 13.1 Å². The SMILES string of the molecule is COc1ccc(OC(C)C(=O)N2CC(C)CC(C(=O)O)C2)cc1. The van der Waals surface area contributed by atoms with E-state index in [4.69, 9.17) is 9.47 Å². The number of rotatable bonds is 5. The van der Waals surface area contributed by atoms with Gasteiger partial charge in [-0.2, -0.15) is 0 Å². The first-order valence-electron chi connectivity index (χ1n) is 7.73. The van der Waals surface area contributed by atoms with Gasteiger partial charge in [-0.05, 0) is 43.5 Å². The smallest absolute Gasteiger partial charge is 0.308 e. The highest BCUT2D eigenvalue weighted by atomic mass is 16.5. The number of amides is 1. The summed E-state index contributed by atoms with van der Waals surface area (Å²) >= 11 is 0. The van der Waals surface area contributed by atoms with E-state index in [0.717, 1.165) is 0 Å². The molecule has 2 rings (SSSR count). The number of benzene rings is 1. The summed E-state index contributed by atoms with van der Waals surface area (Å²) in [6, 6.07) is 6.99. The molecule has 23 heavy (non-hydrogen) atoms. The number of carboxylic acids is 1. The van der Waals surface area contributed by atoms with Gasteiger partial charge in [-0.3, -0.25) is 9.59 Å². The largest absolute Gasteiger partial charge is 0.497 e. The lowest BCUT2D eigenvalue weighted by Crippen LogP contribution is -2.49. The predicted octanol–water partition coefficient (Wildman–Crippen LogP) is 2.03. The van der Waals surface area contributed by atoms with Gasteiger partial charge in [0.15, 0.2) is 6.10 Å². The summed E-state index contributed by atoms with van der Waals surface area (Å²) in [7, 11) is 1.58. The molecule has 0 radical (unpaired) electrons. The van der Waals surface area contributed by atoms with Crippen LogP contribution in [0.1, 0.15) is 20.3 Å². The zero-order valence-electron chi connectivity index (χ0n) is 13.7.